The van der Waals surface area contributed by atoms with E-state index in [1.165, 1.54) is 114 Å². The molecule has 8 aromatic rings. The van der Waals surface area contributed by atoms with Crippen LogP contribution in [0.4, 0.5) is 76.2 Å². The number of nitrogens with one attached hydrogen (secondary N) is 2. The molecular formula is C105H108Cl4F10N12O17. The third-order valence-electron chi connectivity index (χ3n) is 26.1. The van der Waals surface area contributed by atoms with Gasteiger partial charge in [0.2, 0.25) is 0 Å². The Hall–Kier alpha value is -13.4. The third-order valence-corrected chi connectivity index (χ3v) is 27.3. The van der Waals surface area contributed by atoms with Crippen molar-refractivity contribution in [2.24, 2.45) is 21.7 Å². The van der Waals surface area contributed by atoms with Crippen molar-refractivity contribution in [1.29, 1.82) is 21.0 Å². The first-order chi connectivity index (χ1) is 70.2. The van der Waals surface area contributed by atoms with Crippen LogP contribution in [0.25, 0.3) is 0 Å². The van der Waals surface area contributed by atoms with E-state index in [-0.39, 0.29) is 152 Å². The van der Waals surface area contributed by atoms with Crippen LogP contribution in [0, 0.1) is 90.3 Å². The van der Waals surface area contributed by atoms with Crippen molar-refractivity contribution in [2.45, 2.75) is 187 Å². The normalized spacial score (nSPS) is 19.0. The number of rotatable bonds is 18. The maximum atomic E-state index is 13.6. The molecule has 148 heavy (non-hydrogen) atoms. The molecule has 43 heteroatoms. The Labute approximate surface area is 868 Å². The molecular weight excluding hydrogens is 2030 g/mol. The molecule has 5 fully saturated rings. The lowest BCUT2D eigenvalue weighted by molar-refractivity contribution is -0.141. The fourth-order valence-electron chi connectivity index (χ4n) is 18.2. The van der Waals surface area contributed by atoms with Crippen LogP contribution in [-0.4, -0.2) is 208 Å². The number of piperidine rings is 4. The number of hydrogen-bond donors (Lipinski definition) is 3. The van der Waals surface area contributed by atoms with Gasteiger partial charge in [-0.15, -0.1) is 0 Å². The molecule has 5 saturated heterocycles. The molecule has 788 valence electrons. The van der Waals surface area contributed by atoms with E-state index >= 15 is 0 Å². The number of anilines is 4. The van der Waals surface area contributed by atoms with Crippen molar-refractivity contribution in [1.82, 2.24) is 19.6 Å². The van der Waals surface area contributed by atoms with Crippen LogP contribution in [-0.2, 0) is 59.1 Å². The van der Waals surface area contributed by atoms with E-state index in [1.54, 1.807) is 110 Å². The molecule has 9 heterocycles. The molecule has 9 aliphatic rings. The Morgan fingerprint density at radius 2 is 0.649 bits per heavy atom. The number of amides is 6. The van der Waals surface area contributed by atoms with Gasteiger partial charge in [0.1, 0.15) is 80.5 Å². The Morgan fingerprint density at radius 3 is 0.912 bits per heavy atom. The van der Waals surface area contributed by atoms with Crippen molar-refractivity contribution in [3.05, 3.63) is 211 Å². The number of carbonyl (C=O) groups is 6. The average Bonchev–Trinajstić information content (AvgIpc) is 0.808. The van der Waals surface area contributed by atoms with Crippen LogP contribution in [0.3, 0.4) is 0 Å². The summed E-state index contributed by atoms with van der Waals surface area (Å²) in [5.41, 5.74) is 0.539. The zero-order valence-electron chi connectivity index (χ0n) is 81.4. The van der Waals surface area contributed by atoms with Gasteiger partial charge < -0.3 is 82.7 Å². The summed E-state index contributed by atoms with van der Waals surface area (Å²) in [5, 5.41) is 55.5. The Balaban J connectivity index is 0.000000162. The van der Waals surface area contributed by atoms with Gasteiger partial charge in [-0.1, -0.05) is 94.9 Å². The summed E-state index contributed by atoms with van der Waals surface area (Å²) in [6, 6.07) is 44.1. The number of nitriles is 4. The zero-order chi connectivity index (χ0) is 107. The van der Waals surface area contributed by atoms with Gasteiger partial charge in [0, 0.05) is 89.8 Å². The van der Waals surface area contributed by atoms with E-state index in [9.17, 15) is 98.8 Å². The molecule has 0 radical (unpaired) electrons. The van der Waals surface area contributed by atoms with E-state index in [0.717, 1.165) is 41.5 Å². The number of fused-ring (bicyclic) bond motifs is 4. The Morgan fingerprint density at radius 1 is 0.392 bits per heavy atom. The lowest BCUT2D eigenvalue weighted by atomic mass is 9.75. The fourth-order valence-corrected chi connectivity index (χ4v) is 19.0. The summed E-state index contributed by atoms with van der Waals surface area (Å²) in [5.74, 6) is -3.24. The van der Waals surface area contributed by atoms with Gasteiger partial charge in [0.15, 0.2) is 24.4 Å². The molecule has 0 spiro atoms. The predicted octanol–water partition coefficient (Wildman–Crippen LogP) is 21.1. The largest absolute Gasteiger partial charge is 0.506 e. The second-order valence-electron chi connectivity index (χ2n) is 39.0. The van der Waals surface area contributed by atoms with Gasteiger partial charge >= 0.3 is 32.0 Å². The first-order valence-corrected chi connectivity index (χ1v) is 49.2. The monoisotopic (exact) mass is 2140 g/mol. The molecule has 4 unspecified atom stereocenters. The van der Waals surface area contributed by atoms with Crippen LogP contribution in [0.15, 0.2) is 146 Å². The molecule has 6 amide bonds. The zero-order valence-corrected chi connectivity index (χ0v) is 84.5. The Kier molecular flexibility index (Phi) is 36.8. The molecule has 0 aromatic heterocycles. The first-order valence-electron chi connectivity index (χ1n) is 47.6. The number of likely N-dealkylation sites (tertiary alicyclic amines) is 4. The Bertz CT molecular complexity index is 6060. The first kappa shape index (κ1) is 112. The maximum Gasteiger partial charge on any atom is 0.415 e. The third kappa shape index (κ3) is 29.4. The van der Waals surface area contributed by atoms with Crippen molar-refractivity contribution in [3.63, 3.8) is 0 Å². The smallest absolute Gasteiger partial charge is 0.415 e. The molecule has 0 aliphatic carbocycles. The predicted molar refractivity (Wildman–Crippen MR) is 525 cm³/mol. The van der Waals surface area contributed by atoms with Crippen LogP contribution < -0.4 is 53.6 Å². The summed E-state index contributed by atoms with van der Waals surface area (Å²) >= 11 is 24.1. The van der Waals surface area contributed by atoms with Gasteiger partial charge in [-0.3, -0.25) is 29.0 Å². The van der Waals surface area contributed by atoms with Crippen LogP contribution in [0.1, 0.15) is 128 Å². The number of benzene rings is 8. The minimum atomic E-state index is -3.15. The number of hydrogen-bond acceptors (Lipinski definition) is 23. The topological polar surface area (TPSA) is 354 Å². The van der Waals surface area contributed by atoms with Gasteiger partial charge in [-0.25, -0.2) is 27.2 Å². The lowest BCUT2D eigenvalue weighted by Crippen LogP contribution is -2.54. The highest BCUT2D eigenvalue weighted by atomic mass is 35.5. The van der Waals surface area contributed by atoms with Crippen molar-refractivity contribution in [2.75, 3.05) is 112 Å². The molecule has 8 aromatic carbocycles. The van der Waals surface area contributed by atoms with E-state index < -0.39 is 95.2 Å². The number of alkyl halides is 6. The summed E-state index contributed by atoms with van der Waals surface area (Å²) < 4.78 is 182. The van der Waals surface area contributed by atoms with Crippen molar-refractivity contribution in [3.8, 4) is 70.3 Å². The van der Waals surface area contributed by atoms with Gasteiger partial charge in [0.05, 0.1) is 115 Å². The van der Waals surface area contributed by atoms with Crippen LogP contribution in [0.2, 0.25) is 20.1 Å². The highest BCUT2D eigenvalue weighted by Crippen LogP contribution is 2.49. The standard InChI is InChI=1S/C28H29ClF3N3O5.C27H29ClFN3O5.2C23H21ClF3N3O3.C4H8O/c1-27(2,3)40-26(37)35-15-23(38-22-13-21(39-25(31)32)19(29)12-20(22)35)24(36)34-10-8-28(16-33,9-11-34)14-17-4-6-18(30)7-5-17;1-26(2,3)37-25(35)32-15-23(36-22-13-21(33)19(28)12-20(22)32)24(34)31-10-8-27(16-30,9-11-31)14-17-4-6-18(29)7-5-17;2*24-16-9-17-19(10-18(16)33-22(26)27)32-20(12-29-17)21(31)30-7-5-23(13-28,6-8-30)11-14-1-3-15(25)4-2-14;1-2-4-5-3-1/h4-7,12-13,23,25H,8-11,14-15H2,1-3H3;4-7,12-13,23,33H,8-11,14-15H2,1-3H3;2*1-4,9-10,20,22,29H,5-8,11-12H2;1-4H2. The number of aromatic hydroxyl groups is 1. The summed E-state index contributed by atoms with van der Waals surface area (Å²) in [6.45, 7) is 5.77. The highest BCUT2D eigenvalue weighted by Gasteiger charge is 2.48. The summed E-state index contributed by atoms with van der Waals surface area (Å²) in [7, 11) is 0. The van der Waals surface area contributed by atoms with E-state index in [4.69, 9.17) is 79.6 Å². The SMILES string of the molecule is C1CCOC1.CC(C)(C)OC(=O)N1CC(C(=O)N2CCC(C#N)(Cc3ccc(F)cc3)CC2)Oc2cc(O)c(Cl)cc21.CC(C)(C)OC(=O)N1CC(C(=O)N2CCC(C#N)(Cc3ccc(F)cc3)CC2)Oc2cc(OC(F)F)c(Cl)cc21.N#CC1(Cc2ccc(F)cc2)CCN(C(=O)C2CNc3cc(Cl)c(OC(F)F)cc3O2)CC1.N#CC1(Cc2ccc(F)cc2)CCN(C(=O)C2CNc3cc(Cl)c(OC(F)F)cc3O2)CC1. The second-order valence-corrected chi connectivity index (χ2v) is 40.6. The average molecular weight is 2140 g/mol. The number of phenolic OH excluding ortho intramolecular Hbond substituents is 1. The molecule has 0 bridgehead atoms. The number of carbonyl (C=O) groups excluding carboxylic acids is 6. The van der Waals surface area contributed by atoms with Gasteiger partial charge in [-0.05, 0) is 226 Å². The quantitative estimate of drug-likeness (QED) is 0.0672. The van der Waals surface area contributed by atoms with Gasteiger partial charge in [-0.2, -0.15) is 47.4 Å². The molecule has 17 rings (SSSR count). The van der Waals surface area contributed by atoms with Crippen LogP contribution >= 0.6 is 46.4 Å². The summed E-state index contributed by atoms with van der Waals surface area (Å²) in [6.07, 6.45) is 2.61. The maximum absolute atomic E-state index is 13.6. The minimum Gasteiger partial charge on any atom is -0.506 e. The van der Waals surface area contributed by atoms with Gasteiger partial charge in [0.25, 0.3) is 23.6 Å². The van der Waals surface area contributed by atoms with Crippen LogP contribution in [0.5, 0.6) is 46.0 Å². The second kappa shape index (κ2) is 48.7. The van der Waals surface area contributed by atoms with Crippen molar-refractivity contribution < 1.29 is 125 Å². The highest BCUT2D eigenvalue weighted by molar-refractivity contribution is 6.33. The van der Waals surface area contributed by atoms with E-state index in [1.807, 2.05) is 0 Å². The lowest BCUT2D eigenvalue weighted by Gasteiger charge is -2.41. The summed E-state index contributed by atoms with van der Waals surface area (Å²) in [4.78, 5) is 88.1. The van der Waals surface area contributed by atoms with E-state index in [2.05, 4.69) is 49.1 Å². The molecule has 4 atom stereocenters. The number of phenols is 1. The molecule has 29 nitrogen and oxygen atoms in total. The fraction of sp³-hybridized carbons (Fsp3) is 0.448. The molecule has 0 saturated carbocycles. The minimum absolute atomic E-state index is 0.0000418. The number of nitrogens with zero attached hydrogens (tertiary/aromatic N) is 10. The molecule has 9 aliphatic heterocycles. The van der Waals surface area contributed by atoms with Crippen molar-refractivity contribution >= 4 is 105 Å². The van der Waals surface area contributed by atoms with E-state index in [0.29, 0.717) is 133 Å². The number of ether oxygens (including phenoxy) is 10. The molecule has 3 N–H and O–H groups in total. The number of halogens is 14.